The summed E-state index contributed by atoms with van der Waals surface area (Å²) in [5.74, 6) is -0.0391. The number of pyridine rings is 1. The highest BCUT2D eigenvalue weighted by molar-refractivity contribution is 5.95. The number of carbonyl (C=O) groups excluding carboxylic acids is 1. The fourth-order valence-electron chi connectivity index (χ4n) is 1.83. The van der Waals surface area contributed by atoms with E-state index in [0.29, 0.717) is 24.4 Å². The van der Waals surface area contributed by atoms with Crippen LogP contribution < -0.4 is 5.73 Å². The van der Waals surface area contributed by atoms with Crippen molar-refractivity contribution in [2.75, 3.05) is 6.54 Å². The molecule has 1 aromatic rings. The highest BCUT2D eigenvalue weighted by Crippen LogP contribution is 2.16. The Labute approximate surface area is 101 Å². The highest BCUT2D eigenvalue weighted by Gasteiger charge is 2.11. The minimum absolute atomic E-state index is 0.0486. The van der Waals surface area contributed by atoms with Gasteiger partial charge in [-0.05, 0) is 31.4 Å². The lowest BCUT2D eigenvalue weighted by Crippen LogP contribution is -2.10. The van der Waals surface area contributed by atoms with Gasteiger partial charge in [0.05, 0.1) is 6.20 Å². The van der Waals surface area contributed by atoms with Gasteiger partial charge in [-0.15, -0.1) is 0 Å². The summed E-state index contributed by atoms with van der Waals surface area (Å²) in [6.45, 7) is 2.74. The molecule has 0 aromatic carbocycles. The summed E-state index contributed by atoms with van der Waals surface area (Å²) >= 11 is 0. The zero-order valence-electron chi connectivity index (χ0n) is 10.2. The van der Waals surface area contributed by atoms with E-state index in [0.717, 1.165) is 25.5 Å². The number of hydrogen-bond acceptors (Lipinski definition) is 3. The topological polar surface area (TPSA) is 56.0 Å². The summed E-state index contributed by atoms with van der Waals surface area (Å²) in [5, 5.41) is 0. The molecule has 1 atom stereocenters. The quantitative estimate of drug-likeness (QED) is 0.743. The van der Waals surface area contributed by atoms with Gasteiger partial charge in [0.25, 0.3) is 0 Å². The van der Waals surface area contributed by atoms with Crippen molar-refractivity contribution in [1.82, 2.24) is 4.98 Å². The molecule has 0 fully saturated rings. The van der Waals surface area contributed by atoms with Gasteiger partial charge in [-0.25, -0.2) is 4.39 Å². The third-order valence-corrected chi connectivity index (χ3v) is 2.96. The molecule has 2 N–H and O–H groups in total. The van der Waals surface area contributed by atoms with Crippen molar-refractivity contribution in [1.29, 1.82) is 0 Å². The van der Waals surface area contributed by atoms with Crippen molar-refractivity contribution in [2.24, 2.45) is 11.7 Å². The number of hydrogen-bond donors (Lipinski definition) is 1. The standard InChI is InChI=1S/C13H19FN2O/c1-2-10(5-6-15)3-4-13(17)11-7-12(14)9-16-8-11/h7-10H,2-6,15H2,1H3. The van der Waals surface area contributed by atoms with E-state index in [1.54, 1.807) is 0 Å². The Bertz CT molecular complexity index is 368. The van der Waals surface area contributed by atoms with Crippen LogP contribution in [0.25, 0.3) is 0 Å². The summed E-state index contributed by atoms with van der Waals surface area (Å²) in [5.41, 5.74) is 5.85. The van der Waals surface area contributed by atoms with Crippen molar-refractivity contribution in [3.05, 3.63) is 29.8 Å². The molecular weight excluding hydrogens is 219 g/mol. The maximum absolute atomic E-state index is 12.9. The van der Waals surface area contributed by atoms with Gasteiger partial charge in [-0.1, -0.05) is 13.3 Å². The molecule has 1 heterocycles. The number of aromatic nitrogens is 1. The minimum Gasteiger partial charge on any atom is -0.330 e. The van der Waals surface area contributed by atoms with E-state index < -0.39 is 5.82 Å². The maximum Gasteiger partial charge on any atom is 0.164 e. The van der Waals surface area contributed by atoms with Gasteiger partial charge in [0.2, 0.25) is 0 Å². The second kappa shape index (κ2) is 7.12. The molecule has 4 heteroatoms. The summed E-state index contributed by atoms with van der Waals surface area (Å²) in [7, 11) is 0. The summed E-state index contributed by atoms with van der Waals surface area (Å²) in [6.07, 6.45) is 5.71. The molecule has 0 saturated heterocycles. The first-order chi connectivity index (χ1) is 8.17. The molecule has 0 aliphatic rings. The smallest absolute Gasteiger partial charge is 0.164 e. The molecule has 0 amide bonds. The van der Waals surface area contributed by atoms with E-state index in [1.807, 2.05) is 0 Å². The average molecular weight is 238 g/mol. The Hall–Kier alpha value is -1.29. The molecule has 0 saturated carbocycles. The second-order valence-electron chi connectivity index (χ2n) is 4.21. The summed E-state index contributed by atoms with van der Waals surface area (Å²) in [4.78, 5) is 15.5. The van der Waals surface area contributed by atoms with Crippen LogP contribution >= 0.6 is 0 Å². The number of Topliss-reactive ketones (excluding diaryl/α,β-unsaturated/α-hetero) is 1. The zero-order chi connectivity index (χ0) is 12.7. The summed E-state index contributed by atoms with van der Waals surface area (Å²) in [6, 6.07) is 1.24. The summed E-state index contributed by atoms with van der Waals surface area (Å²) < 4.78 is 12.9. The highest BCUT2D eigenvalue weighted by atomic mass is 19.1. The van der Waals surface area contributed by atoms with Crippen LogP contribution in [0.1, 0.15) is 43.0 Å². The molecule has 17 heavy (non-hydrogen) atoms. The van der Waals surface area contributed by atoms with Crippen LogP contribution in [0.15, 0.2) is 18.5 Å². The van der Waals surface area contributed by atoms with Gasteiger partial charge in [-0.2, -0.15) is 0 Å². The van der Waals surface area contributed by atoms with Gasteiger partial charge in [0, 0.05) is 18.2 Å². The molecule has 0 radical (unpaired) electrons. The third kappa shape index (κ3) is 4.61. The van der Waals surface area contributed by atoms with Crippen molar-refractivity contribution >= 4 is 5.78 Å². The van der Waals surface area contributed by atoms with Crippen LogP contribution in [0.4, 0.5) is 4.39 Å². The first-order valence-electron chi connectivity index (χ1n) is 6.01. The molecule has 1 unspecified atom stereocenters. The Balaban J connectivity index is 2.49. The monoisotopic (exact) mass is 238 g/mol. The Morgan fingerprint density at radius 3 is 2.82 bits per heavy atom. The van der Waals surface area contributed by atoms with Crippen LogP contribution in [0, 0.1) is 11.7 Å². The van der Waals surface area contributed by atoms with Crippen LogP contribution in [0.2, 0.25) is 0 Å². The molecule has 0 aliphatic heterocycles. The van der Waals surface area contributed by atoms with Gasteiger partial charge >= 0.3 is 0 Å². The molecule has 1 aromatic heterocycles. The number of rotatable bonds is 7. The number of nitrogens with two attached hydrogens (primary N) is 1. The number of ketones is 1. The SMILES string of the molecule is CCC(CCN)CCC(=O)c1cncc(F)c1. The normalized spacial score (nSPS) is 12.4. The third-order valence-electron chi connectivity index (χ3n) is 2.96. The van der Waals surface area contributed by atoms with Crippen molar-refractivity contribution in [3.63, 3.8) is 0 Å². The van der Waals surface area contributed by atoms with Crippen molar-refractivity contribution in [2.45, 2.75) is 32.6 Å². The molecule has 0 bridgehead atoms. The molecule has 0 aliphatic carbocycles. The Kier molecular flexibility index (Phi) is 5.77. The second-order valence-corrected chi connectivity index (χ2v) is 4.21. The van der Waals surface area contributed by atoms with E-state index in [9.17, 15) is 9.18 Å². The fraction of sp³-hybridized carbons (Fsp3) is 0.538. The number of carbonyl (C=O) groups is 1. The first-order valence-corrected chi connectivity index (χ1v) is 6.01. The lowest BCUT2D eigenvalue weighted by atomic mass is 9.94. The maximum atomic E-state index is 12.9. The van der Waals surface area contributed by atoms with Crippen molar-refractivity contribution < 1.29 is 9.18 Å². The average Bonchev–Trinajstić information content (AvgIpc) is 2.34. The number of halogens is 1. The predicted octanol–water partition coefficient (Wildman–Crippen LogP) is 2.56. The van der Waals surface area contributed by atoms with E-state index >= 15 is 0 Å². The van der Waals surface area contributed by atoms with Crippen molar-refractivity contribution in [3.8, 4) is 0 Å². The predicted molar refractivity (Wildman–Crippen MR) is 65.2 cm³/mol. The zero-order valence-corrected chi connectivity index (χ0v) is 10.2. The van der Waals surface area contributed by atoms with Gasteiger partial charge < -0.3 is 5.73 Å². The Morgan fingerprint density at radius 1 is 1.47 bits per heavy atom. The largest absolute Gasteiger partial charge is 0.330 e. The van der Waals surface area contributed by atoms with Crippen LogP contribution in [0.5, 0.6) is 0 Å². The van der Waals surface area contributed by atoms with Crippen LogP contribution in [-0.2, 0) is 0 Å². The first kappa shape index (κ1) is 13.8. The van der Waals surface area contributed by atoms with Gasteiger partial charge in [-0.3, -0.25) is 9.78 Å². The lowest BCUT2D eigenvalue weighted by molar-refractivity contribution is 0.0972. The minimum atomic E-state index is -0.468. The lowest BCUT2D eigenvalue weighted by Gasteiger charge is -2.12. The number of nitrogens with zero attached hydrogens (tertiary/aromatic N) is 1. The van der Waals surface area contributed by atoms with E-state index in [-0.39, 0.29) is 5.78 Å². The molecule has 1 rings (SSSR count). The van der Waals surface area contributed by atoms with Gasteiger partial charge in [0.1, 0.15) is 5.82 Å². The molecule has 0 spiro atoms. The Morgan fingerprint density at radius 2 is 2.24 bits per heavy atom. The molecular formula is C13H19FN2O. The van der Waals surface area contributed by atoms with E-state index in [1.165, 1.54) is 12.3 Å². The van der Waals surface area contributed by atoms with Gasteiger partial charge in [0.15, 0.2) is 5.78 Å². The fourth-order valence-corrected chi connectivity index (χ4v) is 1.83. The molecule has 3 nitrogen and oxygen atoms in total. The van der Waals surface area contributed by atoms with Crippen LogP contribution in [-0.4, -0.2) is 17.3 Å². The molecule has 94 valence electrons. The van der Waals surface area contributed by atoms with E-state index in [2.05, 4.69) is 11.9 Å². The van der Waals surface area contributed by atoms with Crippen LogP contribution in [0.3, 0.4) is 0 Å². The van der Waals surface area contributed by atoms with E-state index in [4.69, 9.17) is 5.73 Å².